The van der Waals surface area contributed by atoms with Gasteiger partial charge in [0, 0.05) is 5.69 Å². The van der Waals surface area contributed by atoms with Gasteiger partial charge in [0.05, 0.1) is 0 Å². The van der Waals surface area contributed by atoms with E-state index >= 15 is 0 Å². The van der Waals surface area contributed by atoms with Crippen LogP contribution in [0.1, 0.15) is 47.6 Å². The van der Waals surface area contributed by atoms with Crippen molar-refractivity contribution in [3.05, 3.63) is 100 Å². The summed E-state index contributed by atoms with van der Waals surface area (Å²) in [7, 11) is 0. The molecule has 0 bridgehead atoms. The molecular weight excluding hydrogens is 328 g/mol. The van der Waals surface area contributed by atoms with Crippen LogP contribution in [0.3, 0.4) is 0 Å². The quantitative estimate of drug-likeness (QED) is 0.573. The molecule has 0 saturated heterocycles. The van der Waals surface area contributed by atoms with Crippen molar-refractivity contribution in [3.63, 3.8) is 0 Å². The van der Waals surface area contributed by atoms with Crippen LogP contribution in [0.25, 0.3) is 0 Å². The molecule has 1 nitrogen and oxygen atoms in total. The molecule has 3 heteroatoms. The molecule has 0 aliphatic heterocycles. The standard InChI is InChI=1S/C23H23F2N/c1-15(2)22-14-18(11-16-3-7-20(24)8-4-16)13-19(23(22)26)12-17-5-9-21(25)10-6-17/h3-10,13-15H,11-12,26H2,1-2H3. The summed E-state index contributed by atoms with van der Waals surface area (Å²) in [5.74, 6) is -0.171. The van der Waals surface area contributed by atoms with Crippen LogP contribution in [0.15, 0.2) is 60.7 Å². The Balaban J connectivity index is 1.95. The van der Waals surface area contributed by atoms with Crippen LogP contribution in [0, 0.1) is 11.6 Å². The highest BCUT2D eigenvalue weighted by Crippen LogP contribution is 2.30. The van der Waals surface area contributed by atoms with E-state index in [1.54, 1.807) is 24.3 Å². The summed E-state index contributed by atoms with van der Waals surface area (Å²) in [6.07, 6.45) is 1.37. The van der Waals surface area contributed by atoms with Crippen molar-refractivity contribution in [3.8, 4) is 0 Å². The molecule has 3 aromatic carbocycles. The highest BCUT2D eigenvalue weighted by molar-refractivity contribution is 5.58. The second kappa shape index (κ2) is 7.69. The van der Waals surface area contributed by atoms with Crippen molar-refractivity contribution >= 4 is 5.69 Å². The molecule has 2 N–H and O–H groups in total. The Morgan fingerprint density at radius 1 is 0.731 bits per heavy atom. The van der Waals surface area contributed by atoms with E-state index in [1.807, 2.05) is 0 Å². The van der Waals surface area contributed by atoms with Gasteiger partial charge in [-0.1, -0.05) is 50.2 Å². The van der Waals surface area contributed by atoms with Crippen LogP contribution in [0.2, 0.25) is 0 Å². The first-order valence-electron chi connectivity index (χ1n) is 8.82. The van der Waals surface area contributed by atoms with Gasteiger partial charge in [0.2, 0.25) is 0 Å². The molecule has 3 aromatic rings. The lowest BCUT2D eigenvalue weighted by atomic mass is 9.90. The molecule has 0 fully saturated rings. The van der Waals surface area contributed by atoms with Gasteiger partial charge in [0.15, 0.2) is 0 Å². The predicted molar refractivity (Wildman–Crippen MR) is 103 cm³/mol. The Labute approximate surface area is 153 Å². The summed E-state index contributed by atoms with van der Waals surface area (Å²) >= 11 is 0. The number of rotatable bonds is 5. The third-order valence-electron chi connectivity index (χ3n) is 4.61. The van der Waals surface area contributed by atoms with E-state index in [1.165, 1.54) is 24.3 Å². The molecule has 0 spiro atoms. The lowest BCUT2D eigenvalue weighted by molar-refractivity contribution is 0.627. The number of anilines is 1. The monoisotopic (exact) mass is 351 g/mol. The molecular formula is C23H23F2N. The van der Waals surface area contributed by atoms with Gasteiger partial charge in [-0.15, -0.1) is 0 Å². The van der Waals surface area contributed by atoms with Crippen molar-refractivity contribution in [1.29, 1.82) is 0 Å². The van der Waals surface area contributed by atoms with E-state index < -0.39 is 0 Å². The first kappa shape index (κ1) is 18.1. The Kier molecular flexibility index (Phi) is 5.36. The summed E-state index contributed by atoms with van der Waals surface area (Å²) in [5, 5.41) is 0. The molecule has 0 amide bonds. The summed E-state index contributed by atoms with van der Waals surface area (Å²) < 4.78 is 26.3. The van der Waals surface area contributed by atoms with Crippen LogP contribution >= 0.6 is 0 Å². The Morgan fingerprint density at radius 2 is 1.23 bits per heavy atom. The smallest absolute Gasteiger partial charge is 0.123 e. The summed E-state index contributed by atoms with van der Waals surface area (Å²) in [4.78, 5) is 0. The molecule has 134 valence electrons. The normalized spacial score (nSPS) is 11.1. The molecule has 0 aromatic heterocycles. The topological polar surface area (TPSA) is 26.0 Å². The van der Waals surface area contributed by atoms with Gasteiger partial charge < -0.3 is 5.73 Å². The molecule has 0 aliphatic carbocycles. The van der Waals surface area contributed by atoms with E-state index in [-0.39, 0.29) is 11.6 Å². The summed E-state index contributed by atoms with van der Waals surface area (Å²) in [5.41, 5.74) is 12.6. The summed E-state index contributed by atoms with van der Waals surface area (Å²) in [6, 6.07) is 17.3. The van der Waals surface area contributed by atoms with E-state index in [0.29, 0.717) is 12.3 Å². The van der Waals surface area contributed by atoms with Crippen molar-refractivity contribution < 1.29 is 8.78 Å². The largest absolute Gasteiger partial charge is 0.398 e. The molecule has 26 heavy (non-hydrogen) atoms. The van der Waals surface area contributed by atoms with E-state index in [4.69, 9.17) is 5.73 Å². The molecule has 0 unspecified atom stereocenters. The number of nitrogens with two attached hydrogens (primary N) is 1. The minimum atomic E-state index is -0.241. The minimum Gasteiger partial charge on any atom is -0.398 e. The van der Waals surface area contributed by atoms with Crippen LogP contribution in [-0.2, 0) is 12.8 Å². The van der Waals surface area contributed by atoms with Gasteiger partial charge in [0.25, 0.3) is 0 Å². The zero-order valence-electron chi connectivity index (χ0n) is 15.1. The van der Waals surface area contributed by atoms with Crippen LogP contribution in [0.5, 0.6) is 0 Å². The average Bonchev–Trinajstić information content (AvgIpc) is 2.61. The Hall–Kier alpha value is -2.68. The molecule has 0 atom stereocenters. The second-order valence-corrected chi connectivity index (χ2v) is 7.02. The summed E-state index contributed by atoms with van der Waals surface area (Å²) in [6.45, 7) is 4.24. The number of hydrogen-bond donors (Lipinski definition) is 1. The van der Waals surface area contributed by atoms with Gasteiger partial charge in [0.1, 0.15) is 11.6 Å². The van der Waals surface area contributed by atoms with Crippen LogP contribution in [0.4, 0.5) is 14.5 Å². The Morgan fingerprint density at radius 3 is 1.73 bits per heavy atom. The molecule has 0 radical (unpaired) electrons. The highest BCUT2D eigenvalue weighted by atomic mass is 19.1. The van der Waals surface area contributed by atoms with E-state index in [2.05, 4.69) is 26.0 Å². The predicted octanol–water partition coefficient (Wildman–Crippen LogP) is 5.85. The maximum Gasteiger partial charge on any atom is 0.123 e. The van der Waals surface area contributed by atoms with E-state index in [0.717, 1.165) is 39.9 Å². The first-order valence-corrected chi connectivity index (χ1v) is 8.82. The highest BCUT2D eigenvalue weighted by Gasteiger charge is 2.12. The number of hydrogen-bond acceptors (Lipinski definition) is 1. The van der Waals surface area contributed by atoms with Gasteiger partial charge in [-0.2, -0.15) is 0 Å². The number of nitrogen functional groups attached to an aromatic ring is 1. The fourth-order valence-corrected chi connectivity index (χ4v) is 3.19. The first-order chi connectivity index (χ1) is 12.4. The van der Waals surface area contributed by atoms with Gasteiger partial charge >= 0.3 is 0 Å². The SMILES string of the molecule is CC(C)c1cc(Cc2ccc(F)cc2)cc(Cc2ccc(F)cc2)c1N. The zero-order chi connectivity index (χ0) is 18.7. The maximum atomic E-state index is 13.2. The lowest BCUT2D eigenvalue weighted by Crippen LogP contribution is -2.05. The molecule has 0 aliphatic rings. The van der Waals surface area contributed by atoms with Crippen molar-refractivity contribution in [1.82, 2.24) is 0 Å². The van der Waals surface area contributed by atoms with Gasteiger partial charge in [-0.3, -0.25) is 0 Å². The fraction of sp³-hybridized carbons (Fsp3) is 0.217. The van der Waals surface area contributed by atoms with Crippen molar-refractivity contribution in [2.75, 3.05) is 5.73 Å². The third-order valence-corrected chi connectivity index (χ3v) is 4.61. The minimum absolute atomic E-state index is 0.231. The van der Waals surface area contributed by atoms with Gasteiger partial charge in [-0.05, 0) is 70.8 Å². The van der Waals surface area contributed by atoms with Crippen molar-refractivity contribution in [2.45, 2.75) is 32.6 Å². The van der Waals surface area contributed by atoms with Crippen LogP contribution in [-0.4, -0.2) is 0 Å². The molecule has 3 rings (SSSR count). The second-order valence-electron chi connectivity index (χ2n) is 7.02. The molecule has 0 heterocycles. The lowest BCUT2D eigenvalue weighted by Gasteiger charge is -2.17. The van der Waals surface area contributed by atoms with Gasteiger partial charge in [-0.25, -0.2) is 8.78 Å². The van der Waals surface area contributed by atoms with E-state index in [9.17, 15) is 8.78 Å². The molecule has 0 saturated carbocycles. The number of benzene rings is 3. The maximum absolute atomic E-state index is 13.2. The average molecular weight is 351 g/mol. The zero-order valence-corrected chi connectivity index (χ0v) is 15.1. The number of halogens is 2. The van der Waals surface area contributed by atoms with Crippen molar-refractivity contribution in [2.24, 2.45) is 0 Å². The Bertz CT molecular complexity index is 881. The third kappa shape index (κ3) is 4.29. The fourth-order valence-electron chi connectivity index (χ4n) is 3.19. The van der Waals surface area contributed by atoms with Crippen LogP contribution < -0.4 is 5.73 Å².